The number of pyridine rings is 1. The van der Waals surface area contributed by atoms with Crippen LogP contribution >= 0.6 is 11.6 Å². The molecule has 0 radical (unpaired) electrons. The van der Waals surface area contributed by atoms with Crippen LogP contribution in [0.3, 0.4) is 0 Å². The quantitative estimate of drug-likeness (QED) is 0.582. The van der Waals surface area contributed by atoms with Crippen LogP contribution in [-0.2, 0) is 9.84 Å². The summed E-state index contributed by atoms with van der Waals surface area (Å²) in [5.74, 6) is 0.0774. The summed E-state index contributed by atoms with van der Waals surface area (Å²) in [5, 5.41) is 3.13. The summed E-state index contributed by atoms with van der Waals surface area (Å²) in [7, 11) is -3.30. The molecule has 0 aliphatic carbocycles. The van der Waals surface area contributed by atoms with Crippen LogP contribution in [0.5, 0.6) is 11.5 Å². The Morgan fingerprint density at radius 3 is 2.57 bits per heavy atom. The Morgan fingerprint density at radius 2 is 1.90 bits per heavy atom. The van der Waals surface area contributed by atoms with Crippen LogP contribution in [0.2, 0.25) is 5.02 Å². The zero-order valence-corrected chi connectivity index (χ0v) is 17.3. The van der Waals surface area contributed by atoms with Gasteiger partial charge in [0, 0.05) is 23.9 Å². The summed E-state index contributed by atoms with van der Waals surface area (Å²) in [5.41, 5.74) is 0.881. The molecule has 3 aromatic rings. The lowest BCUT2D eigenvalue weighted by Gasteiger charge is -2.12. The molecule has 4 rings (SSSR count). The van der Waals surface area contributed by atoms with E-state index in [1.807, 2.05) is 0 Å². The molecule has 0 saturated carbocycles. The van der Waals surface area contributed by atoms with E-state index < -0.39 is 21.6 Å². The van der Waals surface area contributed by atoms with Gasteiger partial charge in [0.05, 0.1) is 22.0 Å². The average molecular weight is 447 g/mol. The smallest absolute Gasteiger partial charge is 0.175 e. The number of nitrogens with one attached hydrogen (secondary N) is 1. The van der Waals surface area contributed by atoms with Gasteiger partial charge in [-0.15, -0.1) is 0 Å². The van der Waals surface area contributed by atoms with Crippen LogP contribution in [0, 0.1) is 5.82 Å². The van der Waals surface area contributed by atoms with Crippen molar-refractivity contribution < 1.29 is 22.3 Å². The number of carbonyl (C=O) groups excluding carboxylic acids is 1. The molecule has 6 nitrogen and oxygen atoms in total. The lowest BCUT2D eigenvalue weighted by Crippen LogP contribution is -2.15. The minimum Gasteiger partial charge on any atom is -0.456 e. The van der Waals surface area contributed by atoms with Crippen molar-refractivity contribution in [1.29, 1.82) is 0 Å². The standard InChI is InChI=1S/C21H16ClFN2O4S/c1-30(27,28)15-5-3-13(4-6-15)29-14-9-17-18(11-25-21(17)24-10-14)20(26)16-7-2-12(23)8-19(16)22/h2-10,18H,11H2,1H3,(H,24,25). The summed E-state index contributed by atoms with van der Waals surface area (Å²) >= 11 is 6.05. The first-order valence-electron chi connectivity index (χ1n) is 8.93. The van der Waals surface area contributed by atoms with Crippen molar-refractivity contribution in [2.45, 2.75) is 10.8 Å². The highest BCUT2D eigenvalue weighted by Gasteiger charge is 2.32. The molecule has 2 heterocycles. The maximum absolute atomic E-state index is 13.3. The average Bonchev–Trinajstić information content (AvgIpc) is 3.10. The van der Waals surface area contributed by atoms with E-state index in [1.165, 1.54) is 30.5 Å². The highest BCUT2D eigenvalue weighted by Crippen LogP contribution is 2.36. The molecule has 0 fully saturated rings. The van der Waals surface area contributed by atoms with Gasteiger partial charge in [0.1, 0.15) is 23.1 Å². The van der Waals surface area contributed by atoms with Crippen LogP contribution < -0.4 is 10.1 Å². The molecule has 1 aliphatic rings. The molecule has 0 amide bonds. The molecular weight excluding hydrogens is 431 g/mol. The van der Waals surface area contributed by atoms with Crippen LogP contribution in [0.25, 0.3) is 0 Å². The van der Waals surface area contributed by atoms with E-state index in [9.17, 15) is 17.6 Å². The number of ketones is 1. The molecule has 0 spiro atoms. The zero-order valence-electron chi connectivity index (χ0n) is 15.7. The largest absolute Gasteiger partial charge is 0.456 e. The van der Waals surface area contributed by atoms with Crippen molar-refractivity contribution in [2.75, 3.05) is 18.1 Å². The van der Waals surface area contributed by atoms with E-state index in [2.05, 4.69) is 10.3 Å². The number of nitrogens with zero attached hydrogens (tertiary/aromatic N) is 1. The molecule has 1 aliphatic heterocycles. The number of anilines is 1. The first kappa shape index (κ1) is 20.3. The number of fused-ring (bicyclic) bond motifs is 1. The van der Waals surface area contributed by atoms with Crippen molar-refractivity contribution in [3.8, 4) is 11.5 Å². The molecule has 2 aromatic carbocycles. The number of Topliss-reactive ketones (excluding diaryl/α,β-unsaturated/α-hetero) is 1. The molecule has 1 N–H and O–H groups in total. The lowest BCUT2D eigenvalue weighted by molar-refractivity contribution is 0.0966. The molecule has 154 valence electrons. The van der Waals surface area contributed by atoms with Gasteiger partial charge in [-0.1, -0.05) is 11.6 Å². The second-order valence-corrected chi connectivity index (χ2v) is 9.30. The van der Waals surface area contributed by atoms with Gasteiger partial charge in [0.25, 0.3) is 0 Å². The summed E-state index contributed by atoms with van der Waals surface area (Å²) < 4.78 is 42.2. The Hall–Kier alpha value is -2.97. The maximum atomic E-state index is 13.3. The van der Waals surface area contributed by atoms with E-state index in [4.69, 9.17) is 16.3 Å². The van der Waals surface area contributed by atoms with Crippen molar-refractivity contribution in [2.24, 2.45) is 0 Å². The van der Waals surface area contributed by atoms with E-state index >= 15 is 0 Å². The molecule has 0 saturated heterocycles. The van der Waals surface area contributed by atoms with Crippen LogP contribution in [0.4, 0.5) is 10.2 Å². The highest BCUT2D eigenvalue weighted by molar-refractivity contribution is 7.90. The Morgan fingerprint density at radius 1 is 1.17 bits per heavy atom. The minimum absolute atomic E-state index is 0.0554. The van der Waals surface area contributed by atoms with Gasteiger partial charge < -0.3 is 10.1 Å². The molecule has 9 heteroatoms. The second-order valence-electron chi connectivity index (χ2n) is 6.88. The maximum Gasteiger partial charge on any atom is 0.175 e. The third-order valence-corrected chi connectivity index (χ3v) is 6.18. The fraction of sp³-hybridized carbons (Fsp3) is 0.143. The predicted molar refractivity (Wildman–Crippen MR) is 111 cm³/mol. The molecule has 1 aromatic heterocycles. The molecular formula is C21H16ClFN2O4S. The number of hydrogen-bond acceptors (Lipinski definition) is 6. The van der Waals surface area contributed by atoms with E-state index in [0.717, 1.165) is 12.3 Å². The third kappa shape index (κ3) is 4.01. The van der Waals surface area contributed by atoms with Crippen molar-refractivity contribution in [1.82, 2.24) is 4.98 Å². The van der Waals surface area contributed by atoms with Crippen LogP contribution in [-0.4, -0.2) is 32.0 Å². The topological polar surface area (TPSA) is 85.4 Å². The van der Waals surface area contributed by atoms with Gasteiger partial charge in [0.15, 0.2) is 15.6 Å². The Labute approximate surface area is 177 Å². The van der Waals surface area contributed by atoms with Gasteiger partial charge in [-0.3, -0.25) is 4.79 Å². The number of halogens is 2. The second kappa shape index (κ2) is 7.70. The van der Waals surface area contributed by atoms with E-state index in [1.54, 1.807) is 18.2 Å². The van der Waals surface area contributed by atoms with Crippen molar-refractivity contribution in [3.05, 3.63) is 76.7 Å². The van der Waals surface area contributed by atoms with Gasteiger partial charge in [-0.05, 0) is 48.5 Å². The Balaban J connectivity index is 1.59. The SMILES string of the molecule is CS(=O)(=O)c1ccc(Oc2cnc3c(c2)C(C(=O)c2ccc(F)cc2Cl)CN3)cc1. The Kier molecular flexibility index (Phi) is 5.21. The number of benzene rings is 2. The fourth-order valence-electron chi connectivity index (χ4n) is 3.24. The summed E-state index contributed by atoms with van der Waals surface area (Å²) in [6.07, 6.45) is 2.64. The van der Waals surface area contributed by atoms with Gasteiger partial charge in [-0.2, -0.15) is 0 Å². The van der Waals surface area contributed by atoms with Gasteiger partial charge in [0.2, 0.25) is 0 Å². The Bertz CT molecular complexity index is 1250. The number of carbonyl (C=O) groups is 1. The van der Waals surface area contributed by atoms with Crippen molar-refractivity contribution in [3.63, 3.8) is 0 Å². The fourth-order valence-corrected chi connectivity index (χ4v) is 4.13. The monoisotopic (exact) mass is 446 g/mol. The predicted octanol–water partition coefficient (Wildman–Crippen LogP) is 4.46. The summed E-state index contributed by atoms with van der Waals surface area (Å²) in [6, 6.07) is 11.4. The van der Waals surface area contributed by atoms with Gasteiger partial charge >= 0.3 is 0 Å². The van der Waals surface area contributed by atoms with Crippen LogP contribution in [0.15, 0.2) is 59.6 Å². The number of hydrogen-bond donors (Lipinski definition) is 1. The van der Waals surface area contributed by atoms with Crippen LogP contribution in [0.1, 0.15) is 21.8 Å². The minimum atomic E-state index is -3.30. The number of rotatable bonds is 5. The van der Waals surface area contributed by atoms with Gasteiger partial charge in [-0.25, -0.2) is 17.8 Å². The molecule has 30 heavy (non-hydrogen) atoms. The number of sulfone groups is 1. The molecule has 0 bridgehead atoms. The third-order valence-electron chi connectivity index (χ3n) is 4.74. The van der Waals surface area contributed by atoms with Crippen molar-refractivity contribution >= 4 is 33.0 Å². The normalized spacial score (nSPS) is 15.4. The molecule has 1 unspecified atom stereocenters. The summed E-state index contributed by atoms with van der Waals surface area (Å²) in [4.78, 5) is 17.5. The zero-order chi connectivity index (χ0) is 21.5. The lowest BCUT2D eigenvalue weighted by atomic mass is 9.93. The van der Waals surface area contributed by atoms with E-state index in [0.29, 0.717) is 29.4 Å². The number of aromatic nitrogens is 1. The van der Waals surface area contributed by atoms with E-state index in [-0.39, 0.29) is 21.3 Å². The summed E-state index contributed by atoms with van der Waals surface area (Å²) in [6.45, 7) is 0.335. The molecule has 1 atom stereocenters. The first-order valence-corrected chi connectivity index (χ1v) is 11.2. The number of ether oxygens (including phenoxy) is 1. The highest BCUT2D eigenvalue weighted by atomic mass is 35.5. The first-order chi connectivity index (χ1) is 14.2.